The van der Waals surface area contributed by atoms with E-state index in [0.717, 1.165) is 0 Å². The second kappa shape index (κ2) is 7.66. The minimum atomic E-state index is 0. The monoisotopic (exact) mass is 183 g/mol. The number of rotatable bonds is 1. The Bertz CT molecular complexity index is 159. The molecular formula is C6H6ClMgNS. The van der Waals surface area contributed by atoms with Crippen molar-refractivity contribution in [3.63, 3.8) is 0 Å². The van der Waals surface area contributed by atoms with Crippen molar-refractivity contribution in [2.45, 2.75) is 4.90 Å². The third kappa shape index (κ3) is 4.38. The first kappa shape index (κ1) is 13.2. The third-order valence-corrected chi connectivity index (χ3v) is 1.54. The Morgan fingerprint density at radius 2 is 2.30 bits per heavy atom. The number of aromatic nitrogens is 1. The Morgan fingerprint density at radius 1 is 1.60 bits per heavy atom. The summed E-state index contributed by atoms with van der Waals surface area (Å²) in [6.45, 7) is 0. The van der Waals surface area contributed by atoms with Gasteiger partial charge in [-0.15, -0.1) is 0 Å². The van der Waals surface area contributed by atoms with E-state index in [4.69, 9.17) is 0 Å². The molecule has 0 saturated carbocycles. The van der Waals surface area contributed by atoms with Crippen molar-refractivity contribution in [2.24, 2.45) is 0 Å². The Labute approximate surface area is 87.6 Å². The smallest absolute Gasteiger partial charge is 1.00 e. The molecule has 0 atom stereocenters. The fraction of sp³-hybridized carbons (Fsp3) is 0.167. The topological polar surface area (TPSA) is 12.9 Å². The average molecular weight is 184 g/mol. The summed E-state index contributed by atoms with van der Waals surface area (Å²) in [5.74, 6) is 0. The minimum absolute atomic E-state index is 0. The van der Waals surface area contributed by atoms with Gasteiger partial charge >= 0.3 is 23.1 Å². The van der Waals surface area contributed by atoms with Gasteiger partial charge in [0.05, 0.1) is 0 Å². The second-order valence-electron chi connectivity index (χ2n) is 1.33. The maximum atomic E-state index is 3.81. The maximum Gasteiger partial charge on any atom is 2.00 e. The van der Waals surface area contributed by atoms with Crippen molar-refractivity contribution in [1.82, 2.24) is 4.98 Å². The molecule has 0 aliphatic rings. The molecule has 1 nitrogen and oxygen atoms in total. The van der Waals surface area contributed by atoms with E-state index in [9.17, 15) is 0 Å². The predicted octanol–water partition coefficient (Wildman–Crippen LogP) is -1.77. The normalized spacial score (nSPS) is 7.30. The van der Waals surface area contributed by atoms with Crippen LogP contribution in [0.2, 0.25) is 0 Å². The van der Waals surface area contributed by atoms with Gasteiger partial charge in [0.1, 0.15) is 0 Å². The number of halogens is 1. The molecule has 0 aromatic carbocycles. The number of thioether (sulfide) groups is 1. The molecular weight excluding hydrogens is 178 g/mol. The van der Waals surface area contributed by atoms with Gasteiger partial charge in [0.15, 0.2) is 0 Å². The molecule has 1 aromatic heterocycles. The Morgan fingerprint density at radius 3 is 2.60 bits per heavy atom. The minimum Gasteiger partial charge on any atom is -1.00 e. The van der Waals surface area contributed by atoms with Gasteiger partial charge in [0.2, 0.25) is 0 Å². The van der Waals surface area contributed by atoms with Gasteiger partial charge in [-0.2, -0.15) is 23.9 Å². The van der Waals surface area contributed by atoms with Gasteiger partial charge in [0, 0.05) is 0 Å². The first-order valence-corrected chi connectivity index (χ1v) is 3.52. The average Bonchev–Trinajstić information content (AvgIpc) is 1.90. The van der Waals surface area contributed by atoms with Crippen LogP contribution < -0.4 is 12.4 Å². The van der Waals surface area contributed by atoms with Crippen LogP contribution in [-0.4, -0.2) is 34.3 Å². The van der Waals surface area contributed by atoms with Crippen LogP contribution in [0.1, 0.15) is 0 Å². The van der Waals surface area contributed by atoms with E-state index in [0.29, 0.717) is 0 Å². The zero-order valence-electron chi connectivity index (χ0n) is 5.67. The molecule has 0 N–H and O–H groups in total. The zero-order valence-corrected chi connectivity index (χ0v) is 8.66. The Hall–Kier alpha value is 0.556. The summed E-state index contributed by atoms with van der Waals surface area (Å²) in [4.78, 5) is 4.99. The molecule has 0 saturated heterocycles. The fourth-order valence-corrected chi connectivity index (χ4v) is 0.789. The molecule has 0 bridgehead atoms. The first-order valence-electron chi connectivity index (χ1n) is 2.29. The van der Waals surface area contributed by atoms with E-state index in [1.807, 2.05) is 18.4 Å². The van der Waals surface area contributed by atoms with Gasteiger partial charge in [-0.3, -0.25) is 0 Å². The molecule has 0 aliphatic carbocycles. The van der Waals surface area contributed by atoms with E-state index < -0.39 is 0 Å². The third-order valence-electron chi connectivity index (χ3n) is 0.824. The van der Waals surface area contributed by atoms with Crippen LogP contribution in [0.5, 0.6) is 0 Å². The molecule has 1 aromatic rings. The van der Waals surface area contributed by atoms with Crippen molar-refractivity contribution in [3.05, 3.63) is 24.5 Å². The molecule has 0 spiro atoms. The van der Waals surface area contributed by atoms with E-state index in [-0.39, 0.29) is 35.5 Å². The number of pyridine rings is 1. The largest absolute Gasteiger partial charge is 2.00 e. The van der Waals surface area contributed by atoms with Gasteiger partial charge in [0.25, 0.3) is 0 Å². The second-order valence-corrected chi connectivity index (χ2v) is 2.21. The SMILES string of the molecule is CSc1cc[c-]nc1.[Cl-].[Mg+2]. The van der Waals surface area contributed by atoms with Crippen molar-refractivity contribution >= 4 is 34.8 Å². The summed E-state index contributed by atoms with van der Waals surface area (Å²) in [5.41, 5.74) is 0. The molecule has 1 heterocycles. The Balaban J connectivity index is 0. The van der Waals surface area contributed by atoms with Crippen molar-refractivity contribution in [3.8, 4) is 0 Å². The van der Waals surface area contributed by atoms with Crippen molar-refractivity contribution in [1.29, 1.82) is 0 Å². The van der Waals surface area contributed by atoms with Crippen LogP contribution in [0.4, 0.5) is 0 Å². The summed E-state index contributed by atoms with van der Waals surface area (Å²) in [6.07, 6.45) is 6.52. The summed E-state index contributed by atoms with van der Waals surface area (Å²) in [7, 11) is 0. The van der Waals surface area contributed by atoms with Crippen molar-refractivity contribution in [2.75, 3.05) is 6.26 Å². The van der Waals surface area contributed by atoms with Crippen LogP contribution in [0.25, 0.3) is 0 Å². The molecule has 0 unspecified atom stereocenters. The summed E-state index contributed by atoms with van der Waals surface area (Å²) in [6, 6.07) is 3.80. The van der Waals surface area contributed by atoms with E-state index in [1.165, 1.54) is 4.90 Å². The first-order chi connectivity index (χ1) is 3.93. The zero-order chi connectivity index (χ0) is 5.82. The molecule has 0 fully saturated rings. The molecule has 10 heavy (non-hydrogen) atoms. The predicted molar refractivity (Wildman–Crippen MR) is 40.6 cm³/mol. The van der Waals surface area contributed by atoms with Gasteiger partial charge in [-0.25, -0.2) is 0 Å². The number of hydrogen-bond donors (Lipinski definition) is 0. The summed E-state index contributed by atoms with van der Waals surface area (Å²) >= 11 is 1.69. The van der Waals surface area contributed by atoms with Gasteiger partial charge < -0.3 is 17.4 Å². The quantitative estimate of drug-likeness (QED) is 0.291. The van der Waals surface area contributed by atoms with Crippen LogP contribution >= 0.6 is 11.8 Å². The molecule has 0 radical (unpaired) electrons. The van der Waals surface area contributed by atoms with Crippen LogP contribution in [0, 0.1) is 6.20 Å². The number of hydrogen-bond acceptors (Lipinski definition) is 2. The van der Waals surface area contributed by atoms with E-state index >= 15 is 0 Å². The number of nitrogens with zero attached hydrogens (tertiary/aromatic N) is 1. The maximum absolute atomic E-state index is 3.81. The van der Waals surface area contributed by atoms with Crippen molar-refractivity contribution < 1.29 is 12.4 Å². The van der Waals surface area contributed by atoms with Crippen LogP contribution in [0.3, 0.4) is 0 Å². The van der Waals surface area contributed by atoms with E-state index in [2.05, 4.69) is 11.2 Å². The van der Waals surface area contributed by atoms with Crippen LogP contribution in [-0.2, 0) is 0 Å². The van der Waals surface area contributed by atoms with Gasteiger partial charge in [-0.05, 0) is 6.26 Å². The van der Waals surface area contributed by atoms with Crippen LogP contribution in [0.15, 0.2) is 23.2 Å². The molecule has 0 amide bonds. The van der Waals surface area contributed by atoms with Gasteiger partial charge in [-0.1, -0.05) is 17.3 Å². The fourth-order valence-electron chi connectivity index (χ4n) is 0.427. The molecule has 0 aliphatic heterocycles. The summed E-state index contributed by atoms with van der Waals surface area (Å²) < 4.78 is 0. The Kier molecular flexibility index (Phi) is 10.1. The van der Waals surface area contributed by atoms with E-state index in [1.54, 1.807) is 18.0 Å². The summed E-state index contributed by atoms with van der Waals surface area (Å²) in [5, 5.41) is 0. The standard InChI is InChI=1S/C6H6NS.ClH.Mg/c1-8-6-3-2-4-7-5-6;;/h2-3,5H,1H3;1H;/q-1;;+2/p-1. The molecule has 50 valence electrons. The molecule has 1 rings (SSSR count). The molecule has 4 heteroatoms.